The Morgan fingerprint density at radius 1 is 1.29 bits per heavy atom. The van der Waals surface area contributed by atoms with Crippen LogP contribution in [0.3, 0.4) is 0 Å². The van der Waals surface area contributed by atoms with Crippen LogP contribution in [0.25, 0.3) is 6.08 Å². The van der Waals surface area contributed by atoms with E-state index in [0.717, 1.165) is 18.2 Å². The Bertz CT molecular complexity index is 913. The van der Waals surface area contributed by atoms with E-state index < -0.39 is 26.3 Å². The average Bonchev–Trinajstić information content (AvgIpc) is 2.54. The molecular weight excluding hydrogens is 333 g/mol. The predicted molar refractivity (Wildman–Crippen MR) is 87.3 cm³/mol. The lowest BCUT2D eigenvalue weighted by atomic mass is 10.2. The molecule has 5 nitrogen and oxygen atoms in total. The first kappa shape index (κ1) is 17.5. The highest BCUT2D eigenvalue weighted by atomic mass is 32.2. The van der Waals surface area contributed by atoms with Gasteiger partial charge in [-0.25, -0.2) is 12.8 Å². The topological polar surface area (TPSA) is 87.4 Å². The molecule has 0 bridgehead atoms. The van der Waals surface area contributed by atoms with E-state index >= 15 is 0 Å². The van der Waals surface area contributed by atoms with Crippen molar-refractivity contribution in [1.82, 2.24) is 0 Å². The van der Waals surface area contributed by atoms with Crippen LogP contribution in [0.15, 0.2) is 47.4 Å². The zero-order valence-corrected chi connectivity index (χ0v) is 13.5. The third-order valence-electron chi connectivity index (χ3n) is 3.22. The van der Waals surface area contributed by atoms with Crippen molar-refractivity contribution in [2.24, 2.45) is 0 Å². The van der Waals surface area contributed by atoms with E-state index in [1.165, 1.54) is 37.4 Å². The standard InChI is InChI=1S/C17H14FNO4S/c1-23-17-7-4-13(9-16(17)20)8-15(10-19)24(21,22)11-12-2-5-14(18)6-3-12/h2-9,20H,11H2,1H3. The summed E-state index contributed by atoms with van der Waals surface area (Å²) in [5, 5.41) is 18.9. The molecule has 0 aliphatic rings. The number of allylic oxidation sites excluding steroid dienone is 1. The van der Waals surface area contributed by atoms with Gasteiger partial charge in [0, 0.05) is 0 Å². The minimum atomic E-state index is -3.90. The van der Waals surface area contributed by atoms with Crippen LogP contribution in [0.4, 0.5) is 4.39 Å². The predicted octanol–water partition coefficient (Wildman–Crippen LogP) is 3.02. The van der Waals surface area contributed by atoms with Crippen molar-refractivity contribution >= 4 is 15.9 Å². The number of ether oxygens (including phenoxy) is 1. The molecule has 0 aliphatic heterocycles. The largest absolute Gasteiger partial charge is 0.504 e. The highest BCUT2D eigenvalue weighted by Crippen LogP contribution is 2.28. The van der Waals surface area contributed by atoms with E-state index in [1.54, 1.807) is 6.07 Å². The molecular formula is C17H14FNO4S. The summed E-state index contributed by atoms with van der Waals surface area (Å²) < 4.78 is 42.5. The number of phenolic OH excluding ortho intramolecular Hbond substituents is 1. The second-order valence-electron chi connectivity index (χ2n) is 4.94. The SMILES string of the molecule is COc1ccc(C=C(C#N)S(=O)(=O)Cc2ccc(F)cc2)cc1O. The van der Waals surface area contributed by atoms with Gasteiger partial charge in [0.2, 0.25) is 0 Å². The van der Waals surface area contributed by atoms with E-state index in [0.29, 0.717) is 11.1 Å². The van der Waals surface area contributed by atoms with Crippen molar-refractivity contribution in [3.8, 4) is 17.6 Å². The van der Waals surface area contributed by atoms with Gasteiger partial charge in [-0.05, 0) is 41.5 Å². The van der Waals surface area contributed by atoms with Crippen LogP contribution in [0.5, 0.6) is 11.5 Å². The van der Waals surface area contributed by atoms with Crippen LogP contribution >= 0.6 is 0 Å². The van der Waals surface area contributed by atoms with Gasteiger partial charge < -0.3 is 9.84 Å². The van der Waals surface area contributed by atoms with E-state index in [2.05, 4.69) is 0 Å². The number of phenols is 1. The van der Waals surface area contributed by atoms with Crippen LogP contribution in [-0.4, -0.2) is 20.6 Å². The molecule has 0 fully saturated rings. The molecule has 0 spiro atoms. The summed E-state index contributed by atoms with van der Waals surface area (Å²) in [5.74, 6) is -0.824. The summed E-state index contributed by atoms with van der Waals surface area (Å²) in [6, 6.07) is 10.9. The maximum atomic E-state index is 12.9. The molecule has 0 amide bonds. The molecule has 0 heterocycles. The Kier molecular flexibility index (Phi) is 5.21. The Morgan fingerprint density at radius 3 is 2.50 bits per heavy atom. The summed E-state index contributed by atoms with van der Waals surface area (Å²) in [6.07, 6.45) is 1.16. The molecule has 0 saturated carbocycles. The summed E-state index contributed by atoms with van der Waals surface area (Å²) in [4.78, 5) is -0.448. The van der Waals surface area contributed by atoms with E-state index in [-0.39, 0.29) is 11.5 Å². The van der Waals surface area contributed by atoms with E-state index in [9.17, 15) is 23.2 Å². The third-order valence-corrected chi connectivity index (χ3v) is 4.81. The summed E-state index contributed by atoms with van der Waals surface area (Å²) in [7, 11) is -2.51. The van der Waals surface area contributed by atoms with Crippen molar-refractivity contribution in [2.45, 2.75) is 5.75 Å². The Balaban J connectivity index is 2.33. The smallest absolute Gasteiger partial charge is 0.192 e. The Hall–Kier alpha value is -2.85. The van der Waals surface area contributed by atoms with E-state index in [4.69, 9.17) is 4.74 Å². The van der Waals surface area contributed by atoms with Crippen molar-refractivity contribution in [2.75, 3.05) is 7.11 Å². The van der Waals surface area contributed by atoms with Gasteiger partial charge in [-0.2, -0.15) is 5.26 Å². The van der Waals surface area contributed by atoms with Gasteiger partial charge in [0.05, 0.1) is 12.9 Å². The third kappa shape index (κ3) is 4.12. The molecule has 0 radical (unpaired) electrons. The van der Waals surface area contributed by atoms with Crippen molar-refractivity contribution in [3.63, 3.8) is 0 Å². The van der Waals surface area contributed by atoms with Gasteiger partial charge >= 0.3 is 0 Å². The molecule has 24 heavy (non-hydrogen) atoms. The maximum absolute atomic E-state index is 12.9. The average molecular weight is 347 g/mol. The first-order valence-corrected chi connectivity index (χ1v) is 8.47. The first-order valence-electron chi connectivity index (χ1n) is 6.82. The zero-order chi connectivity index (χ0) is 17.7. The van der Waals surface area contributed by atoms with Crippen molar-refractivity contribution < 1.29 is 22.7 Å². The molecule has 1 N–H and O–H groups in total. The molecule has 2 aromatic rings. The first-order chi connectivity index (χ1) is 11.4. The number of sulfone groups is 1. The fraction of sp³-hybridized carbons (Fsp3) is 0.118. The lowest BCUT2D eigenvalue weighted by Crippen LogP contribution is -2.06. The molecule has 0 unspecified atom stereocenters. The number of aromatic hydroxyl groups is 1. The normalized spacial score (nSPS) is 11.8. The van der Waals surface area contributed by atoms with Gasteiger partial charge in [0.1, 0.15) is 16.8 Å². The van der Waals surface area contributed by atoms with Gasteiger partial charge in [0.15, 0.2) is 21.3 Å². The monoisotopic (exact) mass is 347 g/mol. The Labute approximate surface area is 139 Å². The number of hydrogen-bond donors (Lipinski definition) is 1. The quantitative estimate of drug-likeness (QED) is 0.840. The highest BCUT2D eigenvalue weighted by molar-refractivity contribution is 7.95. The number of methoxy groups -OCH3 is 1. The van der Waals surface area contributed by atoms with Crippen LogP contribution in [0.1, 0.15) is 11.1 Å². The molecule has 2 rings (SSSR count). The minimum absolute atomic E-state index is 0.167. The number of nitrogens with zero attached hydrogens (tertiary/aromatic N) is 1. The molecule has 2 aromatic carbocycles. The minimum Gasteiger partial charge on any atom is -0.504 e. The van der Waals surface area contributed by atoms with Gasteiger partial charge in [-0.1, -0.05) is 18.2 Å². The van der Waals surface area contributed by atoms with Crippen LogP contribution in [-0.2, 0) is 15.6 Å². The number of rotatable bonds is 5. The Morgan fingerprint density at radius 2 is 1.96 bits per heavy atom. The highest BCUT2D eigenvalue weighted by Gasteiger charge is 2.19. The maximum Gasteiger partial charge on any atom is 0.192 e. The zero-order valence-electron chi connectivity index (χ0n) is 12.7. The summed E-state index contributed by atoms with van der Waals surface area (Å²) in [6.45, 7) is 0. The second kappa shape index (κ2) is 7.15. The summed E-state index contributed by atoms with van der Waals surface area (Å²) in [5.41, 5.74) is 0.711. The molecule has 7 heteroatoms. The number of benzene rings is 2. The molecule has 0 saturated heterocycles. The number of hydrogen-bond acceptors (Lipinski definition) is 5. The lowest BCUT2D eigenvalue weighted by Gasteiger charge is -2.05. The summed E-state index contributed by atoms with van der Waals surface area (Å²) >= 11 is 0. The fourth-order valence-corrected chi connectivity index (χ4v) is 3.26. The lowest BCUT2D eigenvalue weighted by molar-refractivity contribution is 0.373. The molecule has 0 aromatic heterocycles. The molecule has 124 valence electrons. The fourth-order valence-electron chi connectivity index (χ4n) is 2.02. The van der Waals surface area contributed by atoms with E-state index in [1.807, 2.05) is 0 Å². The number of nitriles is 1. The van der Waals surface area contributed by atoms with Crippen LogP contribution < -0.4 is 4.74 Å². The van der Waals surface area contributed by atoms with Crippen LogP contribution in [0.2, 0.25) is 0 Å². The van der Waals surface area contributed by atoms with Crippen LogP contribution in [0, 0.1) is 17.1 Å². The van der Waals surface area contributed by atoms with Gasteiger partial charge in [-0.15, -0.1) is 0 Å². The van der Waals surface area contributed by atoms with Crippen molar-refractivity contribution in [1.29, 1.82) is 5.26 Å². The number of halogens is 1. The van der Waals surface area contributed by atoms with Gasteiger partial charge in [-0.3, -0.25) is 0 Å². The van der Waals surface area contributed by atoms with Crippen molar-refractivity contribution in [3.05, 3.63) is 64.3 Å². The molecule has 0 aliphatic carbocycles. The second-order valence-corrected chi connectivity index (χ2v) is 6.90. The molecule has 0 atom stereocenters. The van der Waals surface area contributed by atoms with Gasteiger partial charge in [0.25, 0.3) is 0 Å².